The molecule has 16 heavy (non-hydrogen) atoms. The van der Waals surface area contributed by atoms with E-state index >= 15 is 0 Å². The van der Waals surface area contributed by atoms with Gasteiger partial charge in [0.15, 0.2) is 0 Å². The van der Waals surface area contributed by atoms with Crippen LogP contribution in [0.2, 0.25) is 0 Å². The molecule has 0 aliphatic heterocycles. The van der Waals surface area contributed by atoms with Crippen molar-refractivity contribution in [2.45, 2.75) is 19.8 Å². The first-order valence-electron chi connectivity index (χ1n) is 5.57. The van der Waals surface area contributed by atoms with Crippen LogP contribution in [0.3, 0.4) is 0 Å². The van der Waals surface area contributed by atoms with Gasteiger partial charge in [0.1, 0.15) is 0 Å². The van der Waals surface area contributed by atoms with Gasteiger partial charge >= 0.3 is 0 Å². The zero-order chi connectivity index (χ0) is 11.4. The van der Waals surface area contributed by atoms with Crippen LogP contribution in [0, 0.1) is 0 Å². The fourth-order valence-corrected chi connectivity index (χ4v) is 2.53. The summed E-state index contributed by atoms with van der Waals surface area (Å²) >= 11 is 1.73. The number of aromatic nitrogens is 1. The first-order chi connectivity index (χ1) is 7.85. The highest BCUT2D eigenvalue weighted by Gasteiger charge is 2.07. The third kappa shape index (κ3) is 2.31. The average molecular weight is 232 g/mol. The lowest BCUT2D eigenvalue weighted by Gasteiger charge is -2.03. The van der Waals surface area contributed by atoms with Gasteiger partial charge in [0.25, 0.3) is 0 Å². The van der Waals surface area contributed by atoms with Crippen molar-refractivity contribution in [2.24, 2.45) is 5.73 Å². The molecule has 3 heteroatoms. The highest BCUT2D eigenvalue weighted by Crippen LogP contribution is 2.26. The fraction of sp³-hybridized carbons (Fsp3) is 0.308. The SMILES string of the molecule is CCc1scnc1-c1cccc(CCN)c1. The second kappa shape index (κ2) is 5.23. The largest absolute Gasteiger partial charge is 0.330 e. The second-order valence-corrected chi connectivity index (χ2v) is 4.66. The van der Waals surface area contributed by atoms with Crippen LogP contribution in [0.5, 0.6) is 0 Å². The quantitative estimate of drug-likeness (QED) is 0.880. The Bertz CT molecular complexity index is 462. The minimum Gasteiger partial charge on any atom is -0.330 e. The second-order valence-electron chi connectivity index (χ2n) is 3.72. The maximum atomic E-state index is 5.57. The van der Waals surface area contributed by atoms with E-state index in [1.807, 2.05) is 5.51 Å². The van der Waals surface area contributed by atoms with Gasteiger partial charge in [-0.15, -0.1) is 11.3 Å². The molecule has 0 radical (unpaired) electrons. The van der Waals surface area contributed by atoms with Gasteiger partial charge in [0.05, 0.1) is 11.2 Å². The molecule has 0 unspecified atom stereocenters. The van der Waals surface area contributed by atoms with E-state index in [1.165, 1.54) is 16.0 Å². The maximum Gasteiger partial charge on any atom is 0.0843 e. The van der Waals surface area contributed by atoms with Crippen LogP contribution in [0.4, 0.5) is 0 Å². The van der Waals surface area contributed by atoms with Gasteiger partial charge in [-0.05, 0) is 31.0 Å². The van der Waals surface area contributed by atoms with Crippen LogP contribution in [0.1, 0.15) is 17.4 Å². The number of benzene rings is 1. The zero-order valence-electron chi connectivity index (χ0n) is 9.44. The minimum atomic E-state index is 0.696. The van der Waals surface area contributed by atoms with E-state index in [0.717, 1.165) is 18.5 Å². The first-order valence-corrected chi connectivity index (χ1v) is 6.45. The standard InChI is InChI=1S/C13H16N2S/c1-2-12-13(15-9-16-12)11-5-3-4-10(8-11)6-7-14/h3-5,8-9H,2,6-7,14H2,1H3. The van der Waals surface area contributed by atoms with E-state index in [1.54, 1.807) is 11.3 Å². The number of rotatable bonds is 4. The summed E-state index contributed by atoms with van der Waals surface area (Å²) in [6, 6.07) is 8.52. The van der Waals surface area contributed by atoms with Crippen molar-refractivity contribution in [1.82, 2.24) is 4.98 Å². The maximum absolute atomic E-state index is 5.57. The third-order valence-electron chi connectivity index (χ3n) is 2.60. The van der Waals surface area contributed by atoms with Crippen LogP contribution < -0.4 is 5.73 Å². The summed E-state index contributed by atoms with van der Waals surface area (Å²) in [4.78, 5) is 5.80. The molecule has 0 spiro atoms. The van der Waals surface area contributed by atoms with E-state index in [2.05, 4.69) is 36.2 Å². The summed E-state index contributed by atoms with van der Waals surface area (Å²) in [6.45, 7) is 2.86. The lowest BCUT2D eigenvalue weighted by atomic mass is 10.0. The van der Waals surface area contributed by atoms with Crippen molar-refractivity contribution in [3.63, 3.8) is 0 Å². The molecule has 0 saturated heterocycles. The van der Waals surface area contributed by atoms with Gasteiger partial charge in [-0.2, -0.15) is 0 Å². The molecule has 1 aromatic carbocycles. The van der Waals surface area contributed by atoms with Gasteiger partial charge in [-0.3, -0.25) is 0 Å². The van der Waals surface area contributed by atoms with Crippen molar-refractivity contribution in [2.75, 3.05) is 6.54 Å². The molecule has 0 bridgehead atoms. The molecule has 0 aliphatic carbocycles. The molecule has 2 rings (SSSR count). The molecular weight excluding hydrogens is 216 g/mol. The molecular formula is C13H16N2S. The van der Waals surface area contributed by atoms with Crippen molar-refractivity contribution >= 4 is 11.3 Å². The van der Waals surface area contributed by atoms with Crippen LogP contribution >= 0.6 is 11.3 Å². The highest BCUT2D eigenvalue weighted by molar-refractivity contribution is 7.10. The lowest BCUT2D eigenvalue weighted by molar-refractivity contribution is 0.969. The molecule has 1 aromatic heterocycles. The number of hydrogen-bond acceptors (Lipinski definition) is 3. The van der Waals surface area contributed by atoms with E-state index in [4.69, 9.17) is 5.73 Å². The molecule has 0 aliphatic rings. The minimum absolute atomic E-state index is 0.696. The first kappa shape index (κ1) is 11.3. The van der Waals surface area contributed by atoms with Crippen molar-refractivity contribution in [3.05, 3.63) is 40.2 Å². The van der Waals surface area contributed by atoms with E-state index in [9.17, 15) is 0 Å². The smallest absolute Gasteiger partial charge is 0.0843 e. The number of aryl methyl sites for hydroxylation is 1. The number of nitrogens with zero attached hydrogens (tertiary/aromatic N) is 1. The van der Waals surface area contributed by atoms with E-state index in [0.29, 0.717) is 6.54 Å². The predicted octanol–water partition coefficient (Wildman–Crippen LogP) is 2.87. The van der Waals surface area contributed by atoms with Gasteiger partial charge in [-0.1, -0.05) is 25.1 Å². The Labute approximate surface area is 100 Å². The Morgan fingerprint density at radius 2 is 2.25 bits per heavy atom. The molecule has 2 N–H and O–H groups in total. The summed E-state index contributed by atoms with van der Waals surface area (Å²) in [7, 11) is 0. The number of nitrogens with two attached hydrogens (primary N) is 1. The molecule has 2 nitrogen and oxygen atoms in total. The summed E-state index contributed by atoms with van der Waals surface area (Å²) in [5.41, 5.74) is 11.1. The average Bonchev–Trinajstić information content (AvgIpc) is 2.78. The molecule has 1 heterocycles. The molecule has 0 amide bonds. The van der Waals surface area contributed by atoms with Crippen LogP contribution in [-0.2, 0) is 12.8 Å². The van der Waals surface area contributed by atoms with Gasteiger partial charge < -0.3 is 5.73 Å². The van der Waals surface area contributed by atoms with Crippen LogP contribution in [0.25, 0.3) is 11.3 Å². The van der Waals surface area contributed by atoms with Crippen molar-refractivity contribution < 1.29 is 0 Å². The van der Waals surface area contributed by atoms with Gasteiger partial charge in [-0.25, -0.2) is 4.98 Å². The Morgan fingerprint density at radius 1 is 1.38 bits per heavy atom. The van der Waals surface area contributed by atoms with Crippen LogP contribution in [-0.4, -0.2) is 11.5 Å². The number of hydrogen-bond donors (Lipinski definition) is 1. The summed E-state index contributed by atoms with van der Waals surface area (Å²) in [5.74, 6) is 0. The Balaban J connectivity index is 2.36. The topological polar surface area (TPSA) is 38.9 Å². The Morgan fingerprint density at radius 3 is 3.00 bits per heavy atom. The predicted molar refractivity (Wildman–Crippen MR) is 69.7 cm³/mol. The third-order valence-corrected chi connectivity index (χ3v) is 3.57. The zero-order valence-corrected chi connectivity index (χ0v) is 10.3. The van der Waals surface area contributed by atoms with Crippen LogP contribution in [0.15, 0.2) is 29.8 Å². The Kier molecular flexibility index (Phi) is 3.70. The lowest BCUT2D eigenvalue weighted by Crippen LogP contribution is -2.02. The fourth-order valence-electron chi connectivity index (χ4n) is 1.80. The molecule has 0 atom stereocenters. The van der Waals surface area contributed by atoms with Gasteiger partial charge in [0.2, 0.25) is 0 Å². The van der Waals surface area contributed by atoms with E-state index in [-0.39, 0.29) is 0 Å². The van der Waals surface area contributed by atoms with Gasteiger partial charge in [0, 0.05) is 10.4 Å². The Hall–Kier alpha value is -1.19. The highest BCUT2D eigenvalue weighted by atomic mass is 32.1. The molecule has 0 fully saturated rings. The van der Waals surface area contributed by atoms with Crippen molar-refractivity contribution in [1.29, 1.82) is 0 Å². The number of thiazole rings is 1. The molecule has 2 aromatic rings. The summed E-state index contributed by atoms with van der Waals surface area (Å²) in [6.07, 6.45) is 1.97. The normalized spacial score (nSPS) is 10.6. The molecule has 84 valence electrons. The molecule has 0 saturated carbocycles. The summed E-state index contributed by atoms with van der Waals surface area (Å²) < 4.78 is 0. The summed E-state index contributed by atoms with van der Waals surface area (Å²) in [5, 5.41) is 0. The van der Waals surface area contributed by atoms with Crippen molar-refractivity contribution in [3.8, 4) is 11.3 Å². The van der Waals surface area contributed by atoms with E-state index < -0.39 is 0 Å². The monoisotopic (exact) mass is 232 g/mol.